The lowest BCUT2D eigenvalue weighted by atomic mass is 10.2. The van der Waals surface area contributed by atoms with Crippen molar-refractivity contribution < 1.29 is 28.5 Å². The summed E-state index contributed by atoms with van der Waals surface area (Å²) in [5, 5.41) is 0. The minimum Gasteiger partial charge on any atom is -0.494 e. The average molecular weight is 517 g/mol. The molecule has 38 heavy (non-hydrogen) atoms. The molecule has 0 saturated carbocycles. The molecule has 3 aromatic carbocycles. The maximum atomic E-state index is 12.7. The van der Waals surface area contributed by atoms with E-state index in [0.717, 1.165) is 38.5 Å². The monoisotopic (exact) mass is 516 g/mol. The van der Waals surface area contributed by atoms with Crippen LogP contribution in [-0.2, 0) is 0 Å². The van der Waals surface area contributed by atoms with Gasteiger partial charge in [0.05, 0.1) is 24.3 Å². The second-order valence-electron chi connectivity index (χ2n) is 8.88. The molecule has 0 aromatic heterocycles. The zero-order chi connectivity index (χ0) is 27.2. The predicted molar refractivity (Wildman–Crippen MR) is 149 cm³/mol. The van der Waals surface area contributed by atoms with E-state index in [1.807, 2.05) is 0 Å². The molecule has 0 atom stereocenters. The Morgan fingerprint density at radius 2 is 1.05 bits per heavy atom. The second-order valence-corrected chi connectivity index (χ2v) is 8.88. The molecular formula is C32H36O6. The first-order valence-electron chi connectivity index (χ1n) is 13.2. The summed E-state index contributed by atoms with van der Waals surface area (Å²) in [6, 6.07) is 18.4. The molecule has 0 spiro atoms. The number of hydrogen-bond donors (Lipinski definition) is 0. The van der Waals surface area contributed by atoms with E-state index < -0.39 is 11.9 Å². The van der Waals surface area contributed by atoms with E-state index in [-0.39, 0.29) is 11.5 Å². The highest BCUT2D eigenvalue weighted by Crippen LogP contribution is 2.26. The van der Waals surface area contributed by atoms with Crippen LogP contribution < -0.4 is 18.9 Å². The molecule has 6 heteroatoms. The number of benzene rings is 3. The van der Waals surface area contributed by atoms with E-state index in [4.69, 9.17) is 18.9 Å². The number of carbonyl (C=O) groups excluding carboxylic acids is 2. The molecule has 3 rings (SSSR count). The largest absolute Gasteiger partial charge is 0.494 e. The molecule has 6 nitrogen and oxygen atoms in total. The van der Waals surface area contributed by atoms with Crippen LogP contribution in [0.4, 0.5) is 0 Å². The summed E-state index contributed by atoms with van der Waals surface area (Å²) in [4.78, 5) is 25.4. The molecule has 0 aliphatic heterocycles. The molecule has 0 N–H and O–H groups in total. The summed E-state index contributed by atoms with van der Waals surface area (Å²) in [7, 11) is 0. The minimum atomic E-state index is -0.532. The fourth-order valence-electron chi connectivity index (χ4n) is 3.62. The Balaban J connectivity index is 1.61. The van der Waals surface area contributed by atoms with Gasteiger partial charge in [-0.25, -0.2) is 9.59 Å². The molecule has 0 unspecified atom stereocenters. The van der Waals surface area contributed by atoms with Gasteiger partial charge >= 0.3 is 11.9 Å². The van der Waals surface area contributed by atoms with Crippen LogP contribution in [0.3, 0.4) is 0 Å². The van der Waals surface area contributed by atoms with Gasteiger partial charge in [-0.1, -0.05) is 52.2 Å². The normalized spacial score (nSPS) is 10.5. The Hall–Kier alpha value is -4.06. The molecule has 0 saturated heterocycles. The lowest BCUT2D eigenvalue weighted by Crippen LogP contribution is -2.10. The standard InChI is InChI=1S/C32H36O6/c1-4-7-9-19-35-27-15-11-25(12-16-27)31(33)37-29-21-24(6-3)22-30(23-29)38-32(34)26-13-17-28(18-14-26)36-20-10-8-5-2/h6,11-18,21-23H,3-5,7-10,19-20H2,1-2H3. The lowest BCUT2D eigenvalue weighted by molar-refractivity contribution is 0.0733. The van der Waals surface area contributed by atoms with E-state index in [1.165, 1.54) is 6.07 Å². The third-order valence-electron chi connectivity index (χ3n) is 5.77. The summed E-state index contributed by atoms with van der Waals surface area (Å²) in [5.74, 6) is 0.830. The van der Waals surface area contributed by atoms with E-state index in [9.17, 15) is 9.59 Å². The molecule has 0 aliphatic carbocycles. The van der Waals surface area contributed by atoms with E-state index in [0.29, 0.717) is 41.4 Å². The van der Waals surface area contributed by atoms with Gasteiger partial charge in [-0.15, -0.1) is 0 Å². The number of carbonyl (C=O) groups is 2. The van der Waals surface area contributed by atoms with Crippen molar-refractivity contribution in [1.82, 2.24) is 0 Å². The molecule has 3 aromatic rings. The van der Waals surface area contributed by atoms with E-state index >= 15 is 0 Å². The highest BCUT2D eigenvalue weighted by atomic mass is 16.5. The SMILES string of the molecule is C=Cc1cc(OC(=O)c2ccc(OCCCCC)cc2)cc(OC(=O)c2ccc(OCCCCC)cc2)c1. The van der Waals surface area contributed by atoms with Crippen molar-refractivity contribution in [2.24, 2.45) is 0 Å². The van der Waals surface area contributed by atoms with Gasteiger partial charge < -0.3 is 18.9 Å². The molecule has 0 aliphatic rings. The van der Waals surface area contributed by atoms with Crippen molar-refractivity contribution in [1.29, 1.82) is 0 Å². The van der Waals surface area contributed by atoms with E-state index in [2.05, 4.69) is 20.4 Å². The zero-order valence-electron chi connectivity index (χ0n) is 22.2. The number of hydrogen-bond acceptors (Lipinski definition) is 6. The Bertz CT molecular complexity index is 1090. The molecule has 0 amide bonds. The van der Waals surface area contributed by atoms with Crippen LogP contribution in [0.2, 0.25) is 0 Å². The summed E-state index contributed by atoms with van der Waals surface area (Å²) < 4.78 is 22.5. The van der Waals surface area contributed by atoms with Crippen molar-refractivity contribution in [2.75, 3.05) is 13.2 Å². The molecule has 0 radical (unpaired) electrons. The number of esters is 2. The molecule has 0 heterocycles. The Labute approximate surface area is 225 Å². The summed E-state index contributed by atoms with van der Waals surface area (Å²) in [6.45, 7) is 9.34. The lowest BCUT2D eigenvalue weighted by Gasteiger charge is -2.11. The Morgan fingerprint density at radius 1 is 0.632 bits per heavy atom. The van der Waals surface area contributed by atoms with Crippen LogP contribution in [0, 0.1) is 0 Å². The van der Waals surface area contributed by atoms with E-state index in [1.54, 1.807) is 66.7 Å². The number of unbranched alkanes of at least 4 members (excludes halogenated alkanes) is 4. The second kappa shape index (κ2) is 15.3. The van der Waals surface area contributed by atoms with Crippen LogP contribution in [-0.4, -0.2) is 25.2 Å². The predicted octanol–water partition coefficient (Wildman–Crippen LogP) is 7.91. The third-order valence-corrected chi connectivity index (χ3v) is 5.77. The maximum Gasteiger partial charge on any atom is 0.343 e. The van der Waals surface area contributed by atoms with Crippen LogP contribution >= 0.6 is 0 Å². The van der Waals surface area contributed by atoms with Crippen molar-refractivity contribution in [2.45, 2.75) is 52.4 Å². The molecular weight excluding hydrogens is 480 g/mol. The minimum absolute atomic E-state index is 0.242. The van der Waals surface area contributed by atoms with Crippen LogP contribution in [0.25, 0.3) is 6.08 Å². The van der Waals surface area contributed by atoms with Crippen molar-refractivity contribution in [3.63, 3.8) is 0 Å². The first kappa shape index (κ1) is 28.5. The van der Waals surface area contributed by atoms with Crippen molar-refractivity contribution in [3.8, 4) is 23.0 Å². The van der Waals surface area contributed by atoms with Gasteiger partial charge in [-0.2, -0.15) is 0 Å². The highest BCUT2D eigenvalue weighted by molar-refractivity contribution is 5.92. The zero-order valence-corrected chi connectivity index (χ0v) is 22.2. The van der Waals surface area contributed by atoms with Crippen molar-refractivity contribution in [3.05, 3.63) is 90.0 Å². The first-order chi connectivity index (χ1) is 18.5. The Morgan fingerprint density at radius 3 is 1.42 bits per heavy atom. The van der Waals surface area contributed by atoms with Crippen molar-refractivity contribution >= 4 is 18.0 Å². The maximum absolute atomic E-state index is 12.7. The van der Waals surface area contributed by atoms with Gasteiger partial charge in [0, 0.05) is 6.07 Å². The van der Waals surface area contributed by atoms with Crippen LogP contribution in [0.15, 0.2) is 73.3 Å². The van der Waals surface area contributed by atoms with Gasteiger partial charge in [-0.05, 0) is 79.1 Å². The smallest absolute Gasteiger partial charge is 0.343 e. The Kier molecular flexibility index (Phi) is 11.4. The number of rotatable bonds is 15. The summed E-state index contributed by atoms with van der Waals surface area (Å²) in [6.07, 6.45) is 8.06. The van der Waals surface area contributed by atoms with Crippen LogP contribution in [0.1, 0.15) is 78.7 Å². The topological polar surface area (TPSA) is 71.1 Å². The number of ether oxygens (including phenoxy) is 4. The van der Waals surface area contributed by atoms with Gasteiger partial charge in [0.15, 0.2) is 0 Å². The fraction of sp³-hybridized carbons (Fsp3) is 0.312. The van der Waals surface area contributed by atoms with Gasteiger partial charge in [0.2, 0.25) is 0 Å². The van der Waals surface area contributed by atoms with Gasteiger partial charge in [0.25, 0.3) is 0 Å². The third kappa shape index (κ3) is 9.11. The highest BCUT2D eigenvalue weighted by Gasteiger charge is 2.14. The van der Waals surface area contributed by atoms with Gasteiger partial charge in [-0.3, -0.25) is 0 Å². The molecule has 0 fully saturated rings. The summed E-state index contributed by atoms with van der Waals surface area (Å²) >= 11 is 0. The molecule has 0 bridgehead atoms. The quantitative estimate of drug-likeness (QED) is 0.116. The van der Waals surface area contributed by atoms with Crippen LogP contribution in [0.5, 0.6) is 23.0 Å². The average Bonchev–Trinajstić information content (AvgIpc) is 2.94. The fourth-order valence-corrected chi connectivity index (χ4v) is 3.62. The van der Waals surface area contributed by atoms with Gasteiger partial charge in [0.1, 0.15) is 23.0 Å². The summed E-state index contributed by atoms with van der Waals surface area (Å²) in [5.41, 5.74) is 1.40. The molecule has 200 valence electrons. The first-order valence-corrected chi connectivity index (χ1v) is 13.2.